The highest BCUT2D eigenvalue weighted by atomic mass is 127. The quantitative estimate of drug-likeness (QED) is 0.281. The Balaban J connectivity index is 0.00000264. The molecule has 7 nitrogen and oxygen atoms in total. The number of fused-ring (bicyclic) bond motifs is 1. The van der Waals surface area contributed by atoms with Crippen LogP contribution in [0.3, 0.4) is 0 Å². The van der Waals surface area contributed by atoms with Crippen LogP contribution in [0.25, 0.3) is 0 Å². The summed E-state index contributed by atoms with van der Waals surface area (Å²) < 4.78 is 7.55. The van der Waals surface area contributed by atoms with Crippen LogP contribution in [0.4, 0.5) is 0 Å². The van der Waals surface area contributed by atoms with Crippen molar-refractivity contribution in [3.05, 3.63) is 11.6 Å². The maximum Gasteiger partial charge on any atom is 0.191 e. The number of hydrogen-bond acceptors (Lipinski definition) is 4. The molecule has 1 aliphatic rings. The lowest BCUT2D eigenvalue weighted by Crippen LogP contribution is -2.38. The number of hydrogen-bond donors (Lipinski definition) is 2. The summed E-state index contributed by atoms with van der Waals surface area (Å²) in [7, 11) is 0. The number of nitrogens with one attached hydrogen (secondary N) is 2. The molecule has 23 heavy (non-hydrogen) atoms. The van der Waals surface area contributed by atoms with Crippen LogP contribution in [0.2, 0.25) is 0 Å². The molecule has 2 N–H and O–H groups in total. The van der Waals surface area contributed by atoms with Gasteiger partial charge >= 0.3 is 0 Å². The minimum absolute atomic E-state index is 0. The van der Waals surface area contributed by atoms with E-state index in [-0.39, 0.29) is 24.0 Å². The minimum Gasteiger partial charge on any atom is -0.382 e. The highest BCUT2D eigenvalue weighted by Crippen LogP contribution is 2.14. The van der Waals surface area contributed by atoms with Crippen molar-refractivity contribution < 1.29 is 4.74 Å². The molecule has 0 saturated heterocycles. The van der Waals surface area contributed by atoms with Gasteiger partial charge in [-0.15, -0.1) is 34.2 Å². The van der Waals surface area contributed by atoms with Gasteiger partial charge < -0.3 is 19.9 Å². The first-order valence-corrected chi connectivity index (χ1v) is 8.36. The van der Waals surface area contributed by atoms with Crippen LogP contribution in [0, 0.1) is 0 Å². The summed E-state index contributed by atoms with van der Waals surface area (Å²) in [5.41, 5.74) is 0. The maximum atomic E-state index is 5.33. The van der Waals surface area contributed by atoms with Gasteiger partial charge in [0, 0.05) is 39.3 Å². The van der Waals surface area contributed by atoms with E-state index in [1.807, 2.05) is 6.92 Å². The predicted octanol–water partition coefficient (Wildman–Crippen LogP) is 1.71. The monoisotopic (exact) mass is 436 g/mol. The number of aromatic nitrogens is 3. The Morgan fingerprint density at radius 1 is 1.26 bits per heavy atom. The molecule has 1 aromatic rings. The summed E-state index contributed by atoms with van der Waals surface area (Å²) in [6, 6.07) is 0. The van der Waals surface area contributed by atoms with Crippen LogP contribution in [0.1, 0.15) is 44.8 Å². The van der Waals surface area contributed by atoms with Gasteiger partial charge in [-0.25, -0.2) is 4.99 Å². The van der Waals surface area contributed by atoms with Crippen molar-refractivity contribution in [3.63, 3.8) is 0 Å². The third-order valence-corrected chi connectivity index (χ3v) is 3.62. The van der Waals surface area contributed by atoms with E-state index in [1.54, 1.807) is 0 Å². The van der Waals surface area contributed by atoms with Gasteiger partial charge in [0.1, 0.15) is 12.4 Å². The fourth-order valence-electron chi connectivity index (χ4n) is 2.50. The normalized spacial score (nSPS) is 14.1. The summed E-state index contributed by atoms with van der Waals surface area (Å²) >= 11 is 0. The van der Waals surface area contributed by atoms with Crippen LogP contribution in [0.5, 0.6) is 0 Å². The number of ether oxygens (including phenoxy) is 1. The third-order valence-electron chi connectivity index (χ3n) is 3.62. The lowest BCUT2D eigenvalue weighted by atomic mass is 10.2. The standard InChI is InChI=1S/C15H28N6O.HI/c1-3-16-15(17-9-7-11-22-4-2)18-12-14-20-19-13-8-5-6-10-21(13)14;/h3-12H2,1-2H3,(H2,16,17,18);1H. The van der Waals surface area contributed by atoms with Crippen molar-refractivity contribution in [2.45, 2.75) is 52.6 Å². The van der Waals surface area contributed by atoms with Gasteiger partial charge in [0.25, 0.3) is 0 Å². The summed E-state index contributed by atoms with van der Waals surface area (Å²) in [4.78, 5) is 4.61. The van der Waals surface area contributed by atoms with E-state index in [9.17, 15) is 0 Å². The fourth-order valence-corrected chi connectivity index (χ4v) is 2.50. The molecular formula is C15H29IN6O. The molecule has 0 fully saturated rings. The molecule has 0 spiro atoms. The molecule has 0 aliphatic carbocycles. The van der Waals surface area contributed by atoms with Crippen LogP contribution >= 0.6 is 24.0 Å². The Bertz CT molecular complexity index is 477. The molecular weight excluding hydrogens is 407 g/mol. The predicted molar refractivity (Wildman–Crippen MR) is 102 cm³/mol. The SMILES string of the molecule is CCNC(=NCc1nnc2n1CCCC2)NCCCOCC.I. The summed E-state index contributed by atoms with van der Waals surface area (Å²) in [5.74, 6) is 2.89. The molecule has 132 valence electrons. The zero-order chi connectivity index (χ0) is 15.6. The van der Waals surface area contributed by atoms with Crippen molar-refractivity contribution in [1.29, 1.82) is 0 Å². The Labute approximate surface area is 155 Å². The van der Waals surface area contributed by atoms with Gasteiger partial charge in [-0.05, 0) is 33.1 Å². The Morgan fingerprint density at radius 2 is 2.13 bits per heavy atom. The summed E-state index contributed by atoms with van der Waals surface area (Å²) in [6.07, 6.45) is 4.42. The van der Waals surface area contributed by atoms with E-state index in [1.165, 1.54) is 12.8 Å². The molecule has 0 aromatic carbocycles. The lowest BCUT2D eigenvalue weighted by Gasteiger charge is -2.14. The van der Waals surface area contributed by atoms with Gasteiger partial charge in [-0.2, -0.15) is 0 Å². The van der Waals surface area contributed by atoms with Crippen molar-refractivity contribution >= 4 is 29.9 Å². The van der Waals surface area contributed by atoms with Gasteiger partial charge in [0.2, 0.25) is 0 Å². The second-order valence-electron chi connectivity index (χ2n) is 5.31. The lowest BCUT2D eigenvalue weighted by molar-refractivity contribution is 0.145. The van der Waals surface area contributed by atoms with E-state index in [4.69, 9.17) is 4.74 Å². The number of halogens is 1. The molecule has 8 heteroatoms. The number of nitrogens with zero attached hydrogens (tertiary/aromatic N) is 4. The number of guanidine groups is 1. The van der Waals surface area contributed by atoms with E-state index in [2.05, 4.69) is 37.3 Å². The average molecular weight is 436 g/mol. The highest BCUT2D eigenvalue weighted by Gasteiger charge is 2.15. The van der Waals surface area contributed by atoms with E-state index < -0.39 is 0 Å². The average Bonchev–Trinajstić information content (AvgIpc) is 2.95. The number of aliphatic imine (C=N–C) groups is 1. The van der Waals surface area contributed by atoms with Gasteiger partial charge in [0.05, 0.1) is 0 Å². The third kappa shape index (κ3) is 6.62. The molecule has 1 aromatic heterocycles. The number of aryl methyl sites for hydroxylation is 1. The van der Waals surface area contributed by atoms with Crippen LogP contribution in [-0.4, -0.2) is 47.0 Å². The highest BCUT2D eigenvalue weighted by molar-refractivity contribution is 14.0. The Morgan fingerprint density at radius 3 is 2.91 bits per heavy atom. The van der Waals surface area contributed by atoms with E-state index in [0.29, 0.717) is 6.54 Å². The van der Waals surface area contributed by atoms with Crippen LogP contribution < -0.4 is 10.6 Å². The molecule has 2 heterocycles. The number of rotatable bonds is 8. The topological polar surface area (TPSA) is 76.4 Å². The van der Waals surface area contributed by atoms with Crippen LogP contribution in [0.15, 0.2) is 4.99 Å². The zero-order valence-electron chi connectivity index (χ0n) is 14.2. The summed E-state index contributed by atoms with van der Waals surface area (Å²) in [5, 5.41) is 15.1. The maximum absolute atomic E-state index is 5.33. The first-order chi connectivity index (χ1) is 10.8. The smallest absolute Gasteiger partial charge is 0.191 e. The first-order valence-electron chi connectivity index (χ1n) is 8.36. The fraction of sp³-hybridized carbons (Fsp3) is 0.800. The zero-order valence-corrected chi connectivity index (χ0v) is 16.5. The molecule has 0 unspecified atom stereocenters. The molecule has 1 aliphatic heterocycles. The molecule has 0 atom stereocenters. The molecule has 0 amide bonds. The minimum atomic E-state index is 0. The van der Waals surface area contributed by atoms with Crippen molar-refractivity contribution in [3.8, 4) is 0 Å². The second-order valence-corrected chi connectivity index (χ2v) is 5.31. The molecule has 0 radical (unpaired) electrons. The van der Waals surface area contributed by atoms with Crippen molar-refractivity contribution in [2.75, 3.05) is 26.3 Å². The van der Waals surface area contributed by atoms with Gasteiger partial charge in [-0.1, -0.05) is 0 Å². The Kier molecular flexibility index (Phi) is 10.2. The van der Waals surface area contributed by atoms with Gasteiger partial charge in [-0.3, -0.25) is 0 Å². The first kappa shape index (κ1) is 20.1. The summed E-state index contributed by atoms with van der Waals surface area (Å²) in [6.45, 7) is 8.90. The molecule has 0 bridgehead atoms. The Hall–Kier alpha value is -0.900. The van der Waals surface area contributed by atoms with E-state index >= 15 is 0 Å². The largest absolute Gasteiger partial charge is 0.382 e. The van der Waals surface area contributed by atoms with Gasteiger partial charge in [0.15, 0.2) is 11.8 Å². The second kappa shape index (κ2) is 11.6. The molecule has 2 rings (SSSR count). The van der Waals surface area contributed by atoms with Crippen molar-refractivity contribution in [1.82, 2.24) is 25.4 Å². The van der Waals surface area contributed by atoms with Crippen molar-refractivity contribution in [2.24, 2.45) is 4.99 Å². The van der Waals surface area contributed by atoms with Crippen LogP contribution in [-0.2, 0) is 24.2 Å². The molecule has 0 saturated carbocycles. The van der Waals surface area contributed by atoms with E-state index in [0.717, 1.165) is 63.3 Å².